The van der Waals surface area contributed by atoms with Crippen LogP contribution >= 0.6 is 23.2 Å². The highest BCUT2D eigenvalue weighted by atomic mass is 35.5. The van der Waals surface area contributed by atoms with E-state index in [1.807, 2.05) is 0 Å². The SMILES string of the molecule is CO/C=C/C(COc1cc(C(F)(F)F)nc(Nc2ccc(Cl)cc2Cl)n1)C(=O)Oc1ccccc1. The van der Waals surface area contributed by atoms with Gasteiger partial charge >= 0.3 is 12.1 Å². The van der Waals surface area contributed by atoms with Crippen molar-refractivity contribution in [2.45, 2.75) is 6.18 Å². The maximum Gasteiger partial charge on any atom is 0.433 e. The van der Waals surface area contributed by atoms with Crippen LogP contribution in [0.25, 0.3) is 0 Å². The second kappa shape index (κ2) is 11.8. The lowest BCUT2D eigenvalue weighted by Gasteiger charge is -2.15. The van der Waals surface area contributed by atoms with E-state index >= 15 is 0 Å². The third-order valence-corrected chi connectivity index (χ3v) is 4.84. The Morgan fingerprint density at radius 3 is 2.51 bits per heavy atom. The predicted molar refractivity (Wildman–Crippen MR) is 124 cm³/mol. The normalized spacial score (nSPS) is 12.3. The second-order valence-electron chi connectivity index (χ2n) is 6.88. The lowest BCUT2D eigenvalue weighted by atomic mass is 10.1. The number of anilines is 2. The zero-order valence-corrected chi connectivity index (χ0v) is 19.6. The Balaban J connectivity index is 1.82. The van der Waals surface area contributed by atoms with E-state index in [2.05, 4.69) is 15.3 Å². The summed E-state index contributed by atoms with van der Waals surface area (Å²) in [6.07, 6.45) is -2.20. The quantitative estimate of drug-likeness (QED) is 0.198. The van der Waals surface area contributed by atoms with E-state index in [0.717, 1.165) is 0 Å². The molecule has 0 spiro atoms. The molecule has 7 nitrogen and oxygen atoms in total. The van der Waals surface area contributed by atoms with Crippen LogP contribution < -0.4 is 14.8 Å². The number of rotatable bonds is 9. The smallest absolute Gasteiger partial charge is 0.433 e. The van der Waals surface area contributed by atoms with Crippen molar-refractivity contribution in [2.75, 3.05) is 19.0 Å². The molecule has 0 aliphatic heterocycles. The minimum atomic E-state index is -4.79. The fraction of sp³-hybridized carbons (Fsp3) is 0.174. The lowest BCUT2D eigenvalue weighted by Crippen LogP contribution is -2.25. The number of methoxy groups -OCH3 is 1. The number of benzene rings is 2. The zero-order valence-electron chi connectivity index (χ0n) is 18.1. The average Bonchev–Trinajstić information content (AvgIpc) is 2.81. The van der Waals surface area contributed by atoms with E-state index in [0.29, 0.717) is 16.8 Å². The van der Waals surface area contributed by atoms with Crippen LogP contribution in [0.15, 0.2) is 66.9 Å². The topological polar surface area (TPSA) is 82.6 Å². The van der Waals surface area contributed by atoms with Gasteiger partial charge in [0.1, 0.15) is 18.3 Å². The molecule has 3 aromatic rings. The molecule has 0 aliphatic carbocycles. The predicted octanol–water partition coefficient (Wildman–Crippen LogP) is 6.31. The van der Waals surface area contributed by atoms with E-state index in [-0.39, 0.29) is 17.3 Å². The molecular weight excluding hydrogens is 510 g/mol. The maximum absolute atomic E-state index is 13.4. The monoisotopic (exact) mass is 527 g/mol. The van der Waals surface area contributed by atoms with Gasteiger partial charge in [0.05, 0.1) is 24.1 Å². The highest BCUT2D eigenvalue weighted by Gasteiger charge is 2.34. The molecule has 12 heteroatoms. The Labute approximate surface area is 208 Å². The molecule has 1 N–H and O–H groups in total. The molecule has 1 atom stereocenters. The Morgan fingerprint density at radius 2 is 1.86 bits per heavy atom. The van der Waals surface area contributed by atoms with Crippen LogP contribution in [0.4, 0.5) is 24.8 Å². The number of alkyl halides is 3. The largest absolute Gasteiger partial charge is 0.505 e. The number of halogens is 5. The first kappa shape index (κ1) is 26.1. The van der Waals surface area contributed by atoms with Crippen LogP contribution in [-0.2, 0) is 15.7 Å². The van der Waals surface area contributed by atoms with Gasteiger partial charge in [0.15, 0.2) is 5.69 Å². The van der Waals surface area contributed by atoms with Gasteiger partial charge in [-0.25, -0.2) is 4.98 Å². The van der Waals surface area contributed by atoms with Crippen molar-refractivity contribution < 1.29 is 32.2 Å². The highest BCUT2D eigenvalue weighted by molar-refractivity contribution is 6.36. The summed E-state index contributed by atoms with van der Waals surface area (Å²) >= 11 is 11.9. The van der Waals surface area contributed by atoms with E-state index in [1.54, 1.807) is 30.3 Å². The van der Waals surface area contributed by atoms with Crippen molar-refractivity contribution in [3.05, 3.63) is 82.7 Å². The summed E-state index contributed by atoms with van der Waals surface area (Å²) in [5.41, 5.74) is -1.03. The molecule has 1 unspecified atom stereocenters. The first-order valence-electron chi connectivity index (χ1n) is 9.93. The van der Waals surface area contributed by atoms with Gasteiger partial charge in [-0.1, -0.05) is 41.4 Å². The summed E-state index contributed by atoms with van der Waals surface area (Å²) in [4.78, 5) is 20.0. The molecule has 0 aliphatic rings. The first-order valence-corrected chi connectivity index (χ1v) is 10.7. The van der Waals surface area contributed by atoms with Crippen LogP contribution in [0.2, 0.25) is 10.0 Å². The number of para-hydroxylation sites is 1. The molecule has 2 aromatic carbocycles. The van der Waals surface area contributed by atoms with Crippen LogP contribution in [0.3, 0.4) is 0 Å². The standard InChI is InChI=1S/C23H18Cl2F3N3O4/c1-33-10-9-14(21(32)35-16-5-3-2-4-6-16)13-34-20-12-19(23(26,27)28)30-22(31-20)29-18-8-7-15(24)11-17(18)25/h2-12,14H,13H2,1H3,(H,29,30,31)/b10-9+. The van der Waals surface area contributed by atoms with Gasteiger partial charge in [0, 0.05) is 11.1 Å². The molecule has 1 heterocycles. The third-order valence-electron chi connectivity index (χ3n) is 4.29. The molecule has 0 amide bonds. The molecule has 0 saturated heterocycles. The van der Waals surface area contributed by atoms with Crippen LogP contribution in [0.1, 0.15) is 5.69 Å². The van der Waals surface area contributed by atoms with Crippen molar-refractivity contribution >= 4 is 40.8 Å². The minimum Gasteiger partial charge on any atom is -0.505 e. The fourth-order valence-corrected chi connectivity index (χ4v) is 3.10. The summed E-state index contributed by atoms with van der Waals surface area (Å²) in [5, 5.41) is 3.10. The lowest BCUT2D eigenvalue weighted by molar-refractivity contribution is -0.141. The van der Waals surface area contributed by atoms with Gasteiger partial charge < -0.3 is 19.5 Å². The number of carbonyl (C=O) groups excluding carboxylic acids is 1. The van der Waals surface area contributed by atoms with Crippen LogP contribution in [-0.4, -0.2) is 29.7 Å². The summed E-state index contributed by atoms with van der Waals surface area (Å²) in [5.74, 6) is -2.28. The number of nitrogens with one attached hydrogen (secondary N) is 1. The number of aromatic nitrogens is 2. The number of hydrogen-bond acceptors (Lipinski definition) is 7. The van der Waals surface area contributed by atoms with Gasteiger partial charge in [0.25, 0.3) is 0 Å². The molecule has 3 rings (SSSR count). The Morgan fingerprint density at radius 1 is 1.11 bits per heavy atom. The fourth-order valence-electron chi connectivity index (χ4n) is 2.64. The van der Waals surface area contributed by atoms with Crippen molar-refractivity contribution in [3.63, 3.8) is 0 Å². The molecule has 35 heavy (non-hydrogen) atoms. The van der Waals surface area contributed by atoms with E-state index in [4.69, 9.17) is 37.4 Å². The van der Waals surface area contributed by atoms with Crippen molar-refractivity contribution in [2.24, 2.45) is 5.92 Å². The van der Waals surface area contributed by atoms with E-state index in [1.165, 1.54) is 37.6 Å². The van der Waals surface area contributed by atoms with Gasteiger partial charge in [-0.15, -0.1) is 0 Å². The Kier molecular flexibility index (Phi) is 8.78. The van der Waals surface area contributed by atoms with Crippen molar-refractivity contribution in [3.8, 4) is 11.6 Å². The Bertz CT molecular complexity index is 1190. The van der Waals surface area contributed by atoms with Gasteiger partial charge in [-0.2, -0.15) is 18.2 Å². The summed E-state index contributed by atoms with van der Waals surface area (Å²) in [7, 11) is 1.37. The molecule has 0 radical (unpaired) electrons. The summed E-state index contributed by atoms with van der Waals surface area (Å²) in [6, 6.07) is 13.2. The number of nitrogens with zero attached hydrogens (tertiary/aromatic N) is 2. The first-order chi connectivity index (χ1) is 16.7. The van der Waals surface area contributed by atoms with Gasteiger partial charge in [-0.05, 0) is 36.4 Å². The Hall–Kier alpha value is -3.50. The molecular formula is C23H18Cl2F3N3O4. The molecule has 0 fully saturated rings. The molecule has 184 valence electrons. The third kappa shape index (κ3) is 7.76. The van der Waals surface area contributed by atoms with Gasteiger partial charge in [0.2, 0.25) is 11.8 Å². The number of hydrogen-bond donors (Lipinski definition) is 1. The van der Waals surface area contributed by atoms with Crippen LogP contribution in [0.5, 0.6) is 11.6 Å². The van der Waals surface area contributed by atoms with Crippen LogP contribution in [0, 0.1) is 5.92 Å². The van der Waals surface area contributed by atoms with E-state index in [9.17, 15) is 18.0 Å². The van der Waals surface area contributed by atoms with Crippen molar-refractivity contribution in [1.29, 1.82) is 0 Å². The molecule has 0 bridgehead atoms. The molecule has 0 saturated carbocycles. The number of ether oxygens (including phenoxy) is 3. The summed E-state index contributed by atoms with van der Waals surface area (Å²) < 4.78 is 55.9. The zero-order chi connectivity index (χ0) is 25.4. The maximum atomic E-state index is 13.4. The van der Waals surface area contributed by atoms with Gasteiger partial charge in [-0.3, -0.25) is 4.79 Å². The van der Waals surface area contributed by atoms with Crippen molar-refractivity contribution in [1.82, 2.24) is 9.97 Å². The minimum absolute atomic E-state index is 0.148. The second-order valence-corrected chi connectivity index (χ2v) is 7.72. The van der Waals surface area contributed by atoms with E-state index < -0.39 is 35.6 Å². The summed E-state index contributed by atoms with van der Waals surface area (Å²) in [6.45, 7) is -0.388. The molecule has 1 aromatic heterocycles. The highest BCUT2D eigenvalue weighted by Crippen LogP contribution is 2.32. The number of carbonyl (C=O) groups is 1. The number of esters is 1. The average molecular weight is 528 g/mol.